The summed E-state index contributed by atoms with van der Waals surface area (Å²) in [5, 5.41) is 1.20. The summed E-state index contributed by atoms with van der Waals surface area (Å²) in [4.78, 5) is 1.28. The molecule has 1 aromatic heterocycles. The molecule has 0 unspecified atom stereocenters. The van der Waals surface area contributed by atoms with Gasteiger partial charge in [-0.2, -0.15) is 0 Å². The lowest BCUT2D eigenvalue weighted by Crippen LogP contribution is -1.91. The zero-order valence-electron chi connectivity index (χ0n) is 7.63. The second-order valence-electron chi connectivity index (χ2n) is 2.96. The van der Waals surface area contributed by atoms with Gasteiger partial charge < -0.3 is 10.5 Å². The van der Waals surface area contributed by atoms with Crippen LogP contribution in [0.3, 0.4) is 0 Å². The predicted molar refractivity (Wildman–Crippen MR) is 57.5 cm³/mol. The third-order valence-electron chi connectivity index (χ3n) is 2.00. The van der Waals surface area contributed by atoms with Crippen molar-refractivity contribution in [1.82, 2.24) is 0 Å². The molecule has 3 heteroatoms. The van der Waals surface area contributed by atoms with Gasteiger partial charge in [-0.3, -0.25) is 0 Å². The van der Waals surface area contributed by atoms with Crippen LogP contribution in [-0.2, 0) is 0 Å². The van der Waals surface area contributed by atoms with Crippen LogP contribution < -0.4 is 10.5 Å². The molecule has 1 heterocycles. The van der Waals surface area contributed by atoms with Gasteiger partial charge in [0.2, 0.25) is 0 Å². The van der Waals surface area contributed by atoms with Gasteiger partial charge in [-0.25, -0.2) is 0 Å². The number of benzene rings is 1. The molecule has 13 heavy (non-hydrogen) atoms. The average molecular weight is 193 g/mol. The molecule has 0 saturated carbocycles. The van der Waals surface area contributed by atoms with Crippen molar-refractivity contribution in [3.05, 3.63) is 23.1 Å². The topological polar surface area (TPSA) is 35.2 Å². The smallest absolute Gasteiger partial charge is 0.159 e. The second-order valence-corrected chi connectivity index (χ2v) is 4.22. The van der Waals surface area contributed by atoms with E-state index in [-0.39, 0.29) is 0 Å². The van der Waals surface area contributed by atoms with Crippen molar-refractivity contribution in [1.29, 1.82) is 0 Å². The van der Waals surface area contributed by atoms with Gasteiger partial charge in [0.1, 0.15) is 0 Å². The lowest BCUT2D eigenvalue weighted by molar-refractivity contribution is 0.422. The van der Waals surface area contributed by atoms with Gasteiger partial charge >= 0.3 is 0 Å². The van der Waals surface area contributed by atoms with Crippen molar-refractivity contribution in [3.63, 3.8) is 0 Å². The number of rotatable bonds is 1. The standard InChI is InChI=1S/C10H11NOS/c1-6-5-7-3-4-8(11)9(12-2)10(7)13-6/h3-5H,11H2,1-2H3. The van der Waals surface area contributed by atoms with Crippen LogP contribution in [-0.4, -0.2) is 7.11 Å². The van der Waals surface area contributed by atoms with Gasteiger partial charge in [0.25, 0.3) is 0 Å². The minimum absolute atomic E-state index is 0.705. The Morgan fingerprint density at radius 2 is 2.15 bits per heavy atom. The zero-order chi connectivity index (χ0) is 9.42. The average Bonchev–Trinajstić information content (AvgIpc) is 2.45. The lowest BCUT2D eigenvalue weighted by Gasteiger charge is -2.04. The maximum Gasteiger partial charge on any atom is 0.159 e. The molecule has 2 nitrogen and oxygen atoms in total. The molecule has 0 fully saturated rings. The number of aryl methyl sites for hydroxylation is 1. The molecule has 0 saturated heterocycles. The number of anilines is 1. The van der Waals surface area contributed by atoms with Gasteiger partial charge in [0.15, 0.2) is 5.75 Å². The highest BCUT2D eigenvalue weighted by atomic mass is 32.1. The summed E-state index contributed by atoms with van der Waals surface area (Å²) in [5.74, 6) is 0.801. The van der Waals surface area contributed by atoms with Crippen molar-refractivity contribution < 1.29 is 4.74 Å². The molecule has 2 aromatic rings. The first kappa shape index (κ1) is 8.38. The van der Waals surface area contributed by atoms with E-state index in [1.165, 1.54) is 10.3 Å². The molecule has 0 radical (unpaired) electrons. The highest BCUT2D eigenvalue weighted by molar-refractivity contribution is 7.19. The number of ether oxygens (including phenoxy) is 1. The Morgan fingerprint density at radius 1 is 1.38 bits per heavy atom. The van der Waals surface area contributed by atoms with E-state index in [0.29, 0.717) is 5.69 Å². The third kappa shape index (κ3) is 1.25. The Balaban J connectivity index is 2.82. The first-order valence-electron chi connectivity index (χ1n) is 4.05. The summed E-state index contributed by atoms with van der Waals surface area (Å²) < 4.78 is 6.40. The summed E-state index contributed by atoms with van der Waals surface area (Å²) in [6.07, 6.45) is 0. The van der Waals surface area contributed by atoms with Crippen LogP contribution >= 0.6 is 11.3 Å². The van der Waals surface area contributed by atoms with Crippen LogP contribution in [0.1, 0.15) is 4.88 Å². The Labute approximate surface area is 80.9 Å². The predicted octanol–water partition coefficient (Wildman–Crippen LogP) is 2.80. The van der Waals surface area contributed by atoms with Gasteiger partial charge in [0.05, 0.1) is 17.5 Å². The number of thiophene rings is 1. The van der Waals surface area contributed by atoms with Crippen LogP contribution in [0.15, 0.2) is 18.2 Å². The fourth-order valence-corrected chi connectivity index (χ4v) is 2.48. The van der Waals surface area contributed by atoms with Crippen molar-refractivity contribution in [3.8, 4) is 5.75 Å². The van der Waals surface area contributed by atoms with Gasteiger partial charge in [0, 0.05) is 4.88 Å². The monoisotopic (exact) mass is 193 g/mol. The summed E-state index contributed by atoms with van der Waals surface area (Å²) in [6.45, 7) is 2.08. The number of fused-ring (bicyclic) bond motifs is 1. The number of nitrogen functional groups attached to an aromatic ring is 1. The number of methoxy groups -OCH3 is 1. The summed E-state index contributed by atoms with van der Waals surface area (Å²) >= 11 is 1.71. The largest absolute Gasteiger partial charge is 0.493 e. The van der Waals surface area contributed by atoms with Gasteiger partial charge in [-0.15, -0.1) is 11.3 Å². The van der Waals surface area contributed by atoms with E-state index in [0.717, 1.165) is 10.4 Å². The number of hydrogen-bond donors (Lipinski definition) is 1. The quantitative estimate of drug-likeness (QED) is 0.707. The van der Waals surface area contributed by atoms with Crippen molar-refractivity contribution in [2.24, 2.45) is 0 Å². The van der Waals surface area contributed by atoms with E-state index >= 15 is 0 Å². The number of nitrogens with two attached hydrogens (primary N) is 1. The van der Waals surface area contributed by atoms with E-state index in [2.05, 4.69) is 13.0 Å². The normalized spacial score (nSPS) is 10.6. The first-order chi connectivity index (χ1) is 6.22. The summed E-state index contributed by atoms with van der Waals surface area (Å²) in [6, 6.07) is 6.05. The van der Waals surface area contributed by atoms with E-state index in [1.807, 2.05) is 12.1 Å². The Hall–Kier alpha value is -1.22. The van der Waals surface area contributed by atoms with E-state index < -0.39 is 0 Å². The van der Waals surface area contributed by atoms with E-state index in [4.69, 9.17) is 10.5 Å². The van der Waals surface area contributed by atoms with Crippen LogP contribution in [0.5, 0.6) is 5.75 Å². The molecule has 2 rings (SSSR count). The number of hydrogen-bond acceptors (Lipinski definition) is 3. The van der Waals surface area contributed by atoms with Gasteiger partial charge in [-0.1, -0.05) is 6.07 Å². The molecule has 0 aliphatic heterocycles. The molecule has 0 amide bonds. The molecular formula is C10H11NOS. The minimum atomic E-state index is 0.705. The minimum Gasteiger partial charge on any atom is -0.493 e. The Kier molecular flexibility index (Phi) is 1.88. The molecule has 0 bridgehead atoms. The van der Waals surface area contributed by atoms with E-state index in [1.54, 1.807) is 18.4 Å². The second kappa shape index (κ2) is 2.92. The molecule has 0 aliphatic rings. The van der Waals surface area contributed by atoms with E-state index in [9.17, 15) is 0 Å². The lowest BCUT2D eigenvalue weighted by atomic mass is 10.2. The van der Waals surface area contributed by atoms with Crippen molar-refractivity contribution in [2.45, 2.75) is 6.92 Å². The third-order valence-corrected chi connectivity index (χ3v) is 3.06. The SMILES string of the molecule is COc1c(N)ccc2cc(C)sc12. The van der Waals surface area contributed by atoms with Gasteiger partial charge in [-0.05, 0) is 24.4 Å². The maximum atomic E-state index is 5.79. The summed E-state index contributed by atoms with van der Waals surface area (Å²) in [7, 11) is 1.65. The molecule has 2 N–H and O–H groups in total. The summed E-state index contributed by atoms with van der Waals surface area (Å²) in [5.41, 5.74) is 6.49. The van der Waals surface area contributed by atoms with Crippen LogP contribution in [0.2, 0.25) is 0 Å². The van der Waals surface area contributed by atoms with Crippen molar-refractivity contribution >= 4 is 27.1 Å². The highest BCUT2D eigenvalue weighted by Gasteiger charge is 2.07. The maximum absolute atomic E-state index is 5.79. The zero-order valence-corrected chi connectivity index (χ0v) is 8.44. The van der Waals surface area contributed by atoms with Crippen LogP contribution in [0, 0.1) is 6.92 Å². The first-order valence-corrected chi connectivity index (χ1v) is 4.86. The molecule has 68 valence electrons. The highest BCUT2D eigenvalue weighted by Crippen LogP contribution is 2.37. The fraction of sp³-hybridized carbons (Fsp3) is 0.200. The van der Waals surface area contributed by atoms with Crippen LogP contribution in [0.4, 0.5) is 5.69 Å². The molecule has 0 atom stereocenters. The van der Waals surface area contributed by atoms with Crippen molar-refractivity contribution in [2.75, 3.05) is 12.8 Å². The molecule has 0 spiro atoms. The Bertz CT molecular complexity index is 447. The molecular weight excluding hydrogens is 182 g/mol. The van der Waals surface area contributed by atoms with Crippen LogP contribution in [0.25, 0.3) is 10.1 Å². The fourth-order valence-electron chi connectivity index (χ4n) is 1.43. The molecule has 1 aromatic carbocycles. The molecule has 0 aliphatic carbocycles. The Morgan fingerprint density at radius 3 is 2.85 bits per heavy atom.